The molecule has 0 saturated heterocycles. The van der Waals surface area contributed by atoms with Gasteiger partial charge in [-0.15, -0.1) is 0 Å². The number of carbonyl (C=O) groups excluding carboxylic acids is 1. The average Bonchev–Trinajstić information content (AvgIpc) is 3.13. The number of aromatic nitrogens is 3. The maximum Gasteiger partial charge on any atom is 0.272 e. The van der Waals surface area contributed by atoms with E-state index in [0.717, 1.165) is 22.5 Å². The molecule has 0 unspecified atom stereocenters. The summed E-state index contributed by atoms with van der Waals surface area (Å²) < 4.78 is 1.68. The van der Waals surface area contributed by atoms with E-state index in [-0.39, 0.29) is 5.91 Å². The molecule has 0 fully saturated rings. The summed E-state index contributed by atoms with van der Waals surface area (Å²) >= 11 is 5.88. The predicted molar refractivity (Wildman–Crippen MR) is 106 cm³/mol. The van der Waals surface area contributed by atoms with Gasteiger partial charge in [-0.25, -0.2) is 9.50 Å². The van der Waals surface area contributed by atoms with Crippen molar-refractivity contribution in [1.29, 1.82) is 0 Å². The van der Waals surface area contributed by atoms with Gasteiger partial charge in [0.05, 0.1) is 5.69 Å². The van der Waals surface area contributed by atoms with Crippen LogP contribution in [0.25, 0.3) is 16.9 Å². The van der Waals surface area contributed by atoms with Crippen LogP contribution in [0.3, 0.4) is 0 Å². The molecule has 4 aromatic rings. The molecule has 0 atom stereocenters. The Labute approximate surface area is 161 Å². The molecule has 0 spiro atoms. The summed E-state index contributed by atoms with van der Waals surface area (Å²) in [4.78, 5) is 17.1. The minimum Gasteiger partial charge on any atom is -0.347 e. The number of halogens is 1. The fraction of sp³-hybridized carbons (Fsp3) is 0.0952. The molecule has 27 heavy (non-hydrogen) atoms. The monoisotopic (exact) mass is 376 g/mol. The number of nitrogens with one attached hydrogen (secondary N) is 1. The molecule has 6 heteroatoms. The quantitative estimate of drug-likeness (QED) is 0.578. The van der Waals surface area contributed by atoms with Crippen LogP contribution in [0.1, 0.15) is 21.7 Å². The average molecular weight is 377 g/mol. The zero-order chi connectivity index (χ0) is 18.8. The maximum atomic E-state index is 12.5. The molecule has 2 heterocycles. The molecule has 0 saturated carbocycles. The molecular weight excluding hydrogens is 360 g/mol. The molecule has 4 rings (SSSR count). The summed E-state index contributed by atoms with van der Waals surface area (Å²) in [7, 11) is 0. The lowest BCUT2D eigenvalue weighted by molar-refractivity contribution is 0.0945. The van der Waals surface area contributed by atoms with Gasteiger partial charge in [0.1, 0.15) is 0 Å². The summed E-state index contributed by atoms with van der Waals surface area (Å²) in [5.74, 6) is -0.240. The van der Waals surface area contributed by atoms with Crippen molar-refractivity contribution >= 4 is 23.2 Å². The molecule has 1 amide bonds. The second-order valence-electron chi connectivity index (χ2n) is 6.26. The molecule has 0 bridgehead atoms. The van der Waals surface area contributed by atoms with Crippen molar-refractivity contribution in [3.05, 3.63) is 88.7 Å². The summed E-state index contributed by atoms with van der Waals surface area (Å²) in [6, 6.07) is 21.0. The van der Waals surface area contributed by atoms with Crippen molar-refractivity contribution in [2.45, 2.75) is 13.5 Å². The first-order valence-corrected chi connectivity index (χ1v) is 8.93. The number of amides is 1. The molecule has 0 aliphatic heterocycles. The van der Waals surface area contributed by atoms with Crippen LogP contribution in [0.15, 0.2) is 66.7 Å². The largest absolute Gasteiger partial charge is 0.347 e. The first kappa shape index (κ1) is 17.2. The van der Waals surface area contributed by atoms with Gasteiger partial charge in [0.2, 0.25) is 0 Å². The Balaban J connectivity index is 1.58. The van der Waals surface area contributed by atoms with Crippen LogP contribution < -0.4 is 5.32 Å². The SMILES string of the molecule is Cc1cc(-c2ccccc2)nc2cc(C(=O)NCc3ccc(Cl)cc3)nn12. The number of benzene rings is 2. The minimum atomic E-state index is -0.240. The fourth-order valence-electron chi connectivity index (χ4n) is 2.87. The Morgan fingerprint density at radius 1 is 1.07 bits per heavy atom. The van der Waals surface area contributed by atoms with Crippen molar-refractivity contribution in [1.82, 2.24) is 19.9 Å². The third kappa shape index (κ3) is 3.68. The lowest BCUT2D eigenvalue weighted by Crippen LogP contribution is -2.23. The van der Waals surface area contributed by atoms with E-state index in [1.807, 2.05) is 55.5 Å². The number of hydrogen-bond donors (Lipinski definition) is 1. The van der Waals surface area contributed by atoms with Crippen molar-refractivity contribution in [3.63, 3.8) is 0 Å². The highest BCUT2D eigenvalue weighted by molar-refractivity contribution is 6.30. The van der Waals surface area contributed by atoms with Gasteiger partial charge in [-0.3, -0.25) is 4.79 Å². The molecule has 0 aliphatic rings. The van der Waals surface area contributed by atoms with Crippen LogP contribution in [0.5, 0.6) is 0 Å². The number of nitrogens with zero attached hydrogens (tertiary/aromatic N) is 3. The molecular formula is C21H17ClN4O. The Morgan fingerprint density at radius 3 is 2.56 bits per heavy atom. The number of rotatable bonds is 4. The van der Waals surface area contributed by atoms with Gasteiger partial charge in [-0.2, -0.15) is 5.10 Å². The van der Waals surface area contributed by atoms with Gasteiger partial charge in [-0.05, 0) is 30.7 Å². The van der Waals surface area contributed by atoms with E-state index in [1.54, 1.807) is 22.7 Å². The third-order valence-corrected chi connectivity index (χ3v) is 4.53. The van der Waals surface area contributed by atoms with Gasteiger partial charge in [0.25, 0.3) is 5.91 Å². The predicted octanol–water partition coefficient (Wildman–Crippen LogP) is 4.29. The molecule has 2 aromatic heterocycles. The minimum absolute atomic E-state index is 0.240. The molecule has 5 nitrogen and oxygen atoms in total. The lowest BCUT2D eigenvalue weighted by atomic mass is 10.1. The number of fused-ring (bicyclic) bond motifs is 1. The van der Waals surface area contributed by atoms with Gasteiger partial charge in [0.15, 0.2) is 11.3 Å². The van der Waals surface area contributed by atoms with E-state index in [9.17, 15) is 4.79 Å². The first-order valence-electron chi connectivity index (χ1n) is 8.55. The highest BCUT2D eigenvalue weighted by atomic mass is 35.5. The summed E-state index contributed by atoms with van der Waals surface area (Å²) in [6.07, 6.45) is 0. The van der Waals surface area contributed by atoms with Gasteiger partial charge < -0.3 is 5.32 Å². The molecule has 0 aliphatic carbocycles. The van der Waals surface area contributed by atoms with Gasteiger partial charge in [-0.1, -0.05) is 54.1 Å². The first-order chi connectivity index (χ1) is 13.1. The van der Waals surface area contributed by atoms with Crippen molar-refractivity contribution in [2.24, 2.45) is 0 Å². The van der Waals surface area contributed by atoms with E-state index < -0.39 is 0 Å². The normalized spacial score (nSPS) is 10.9. The second kappa shape index (κ2) is 7.21. The molecule has 2 aromatic carbocycles. The zero-order valence-electron chi connectivity index (χ0n) is 14.7. The van der Waals surface area contributed by atoms with Crippen LogP contribution >= 0.6 is 11.6 Å². The Bertz CT molecular complexity index is 1100. The van der Waals surface area contributed by atoms with Crippen molar-refractivity contribution in [2.75, 3.05) is 0 Å². The van der Waals surface area contributed by atoms with E-state index in [1.165, 1.54) is 0 Å². The smallest absolute Gasteiger partial charge is 0.272 e. The van der Waals surface area contributed by atoms with Gasteiger partial charge >= 0.3 is 0 Å². The van der Waals surface area contributed by atoms with E-state index in [2.05, 4.69) is 15.4 Å². The van der Waals surface area contributed by atoms with Gasteiger partial charge in [0, 0.05) is 28.9 Å². The highest BCUT2D eigenvalue weighted by Gasteiger charge is 2.14. The van der Waals surface area contributed by atoms with Crippen LogP contribution in [0.4, 0.5) is 0 Å². The van der Waals surface area contributed by atoms with Crippen LogP contribution in [-0.4, -0.2) is 20.5 Å². The van der Waals surface area contributed by atoms with Crippen molar-refractivity contribution in [3.8, 4) is 11.3 Å². The zero-order valence-corrected chi connectivity index (χ0v) is 15.4. The summed E-state index contributed by atoms with van der Waals surface area (Å²) in [5.41, 5.74) is 4.75. The molecule has 1 N–H and O–H groups in total. The Morgan fingerprint density at radius 2 is 1.81 bits per heavy atom. The maximum absolute atomic E-state index is 12.5. The third-order valence-electron chi connectivity index (χ3n) is 4.27. The van der Waals surface area contributed by atoms with E-state index in [4.69, 9.17) is 11.6 Å². The van der Waals surface area contributed by atoms with Crippen LogP contribution in [0, 0.1) is 6.92 Å². The lowest BCUT2D eigenvalue weighted by Gasteiger charge is -2.04. The molecule has 134 valence electrons. The van der Waals surface area contributed by atoms with Crippen LogP contribution in [0.2, 0.25) is 5.02 Å². The van der Waals surface area contributed by atoms with E-state index >= 15 is 0 Å². The standard InChI is InChI=1S/C21H17ClN4O/c1-14-11-18(16-5-3-2-4-6-16)24-20-12-19(25-26(14)20)21(27)23-13-15-7-9-17(22)10-8-15/h2-12H,13H2,1H3,(H,23,27). The highest BCUT2D eigenvalue weighted by Crippen LogP contribution is 2.19. The Hall–Kier alpha value is -3.18. The Kier molecular flexibility index (Phi) is 4.60. The van der Waals surface area contributed by atoms with Crippen molar-refractivity contribution < 1.29 is 4.79 Å². The second-order valence-corrected chi connectivity index (χ2v) is 6.69. The molecule has 0 radical (unpaired) electrons. The fourth-order valence-corrected chi connectivity index (χ4v) is 2.99. The number of hydrogen-bond acceptors (Lipinski definition) is 3. The summed E-state index contributed by atoms with van der Waals surface area (Å²) in [5, 5.41) is 7.94. The van der Waals surface area contributed by atoms with E-state index in [0.29, 0.717) is 22.9 Å². The number of carbonyl (C=O) groups is 1. The number of aryl methyl sites for hydroxylation is 1. The summed E-state index contributed by atoms with van der Waals surface area (Å²) in [6.45, 7) is 2.36. The van der Waals surface area contributed by atoms with Crippen LogP contribution in [-0.2, 0) is 6.54 Å². The topological polar surface area (TPSA) is 59.3 Å².